The van der Waals surface area contributed by atoms with Crippen molar-refractivity contribution in [1.29, 1.82) is 0 Å². The van der Waals surface area contributed by atoms with Crippen LogP contribution >= 0.6 is 0 Å². The van der Waals surface area contributed by atoms with Gasteiger partial charge in [0.2, 0.25) is 0 Å². The summed E-state index contributed by atoms with van der Waals surface area (Å²) in [4.78, 5) is 12.2. The number of nitrogens with one attached hydrogen (secondary N) is 1. The lowest BCUT2D eigenvalue weighted by atomic mass is 10.1. The average Bonchev–Trinajstić information content (AvgIpc) is 2.42. The third-order valence-corrected chi connectivity index (χ3v) is 3.02. The Morgan fingerprint density at radius 1 is 1.40 bits per heavy atom. The Labute approximate surface area is 121 Å². The van der Waals surface area contributed by atoms with Gasteiger partial charge in [0.1, 0.15) is 6.61 Å². The van der Waals surface area contributed by atoms with E-state index >= 15 is 0 Å². The number of hydrogen-bond donors (Lipinski definition) is 2. The van der Waals surface area contributed by atoms with Gasteiger partial charge >= 0.3 is 0 Å². The van der Waals surface area contributed by atoms with Crippen LogP contribution in [0.3, 0.4) is 0 Å². The third kappa shape index (κ3) is 5.46. The van der Waals surface area contributed by atoms with Crippen molar-refractivity contribution in [3.05, 3.63) is 34.9 Å². The summed E-state index contributed by atoms with van der Waals surface area (Å²) in [5.74, 6) is 5.37. The van der Waals surface area contributed by atoms with Crippen LogP contribution in [0.25, 0.3) is 0 Å². The maximum atomic E-state index is 12.2. The maximum absolute atomic E-state index is 12.2. The van der Waals surface area contributed by atoms with E-state index in [1.165, 1.54) is 0 Å². The predicted octanol–water partition coefficient (Wildman–Crippen LogP) is 2.65. The van der Waals surface area contributed by atoms with Crippen LogP contribution in [0.5, 0.6) is 0 Å². The maximum Gasteiger partial charge on any atom is 0.251 e. The van der Waals surface area contributed by atoms with Gasteiger partial charge in [-0.3, -0.25) is 4.79 Å². The second-order valence-corrected chi connectivity index (χ2v) is 5.06. The summed E-state index contributed by atoms with van der Waals surface area (Å²) in [6.45, 7) is 5.92. The number of rotatable bonds is 5. The summed E-state index contributed by atoms with van der Waals surface area (Å²) in [6, 6.07) is 5.69. The fourth-order valence-electron chi connectivity index (χ4n) is 2.02. The van der Waals surface area contributed by atoms with Crippen molar-refractivity contribution >= 4 is 5.91 Å². The molecule has 0 saturated carbocycles. The lowest BCUT2D eigenvalue weighted by molar-refractivity contribution is 0.0938. The minimum atomic E-state index is -0.177. The summed E-state index contributed by atoms with van der Waals surface area (Å²) in [6.07, 6.45) is 3.24. The second kappa shape index (κ2) is 8.39. The first-order valence-corrected chi connectivity index (χ1v) is 7.09. The largest absolute Gasteiger partial charge is 0.384 e. The van der Waals surface area contributed by atoms with E-state index in [2.05, 4.69) is 24.1 Å². The van der Waals surface area contributed by atoms with Crippen LogP contribution in [-0.4, -0.2) is 23.7 Å². The molecule has 0 aliphatic rings. The van der Waals surface area contributed by atoms with Gasteiger partial charge < -0.3 is 10.4 Å². The number of benzene rings is 1. The minimum Gasteiger partial charge on any atom is -0.384 e. The van der Waals surface area contributed by atoms with E-state index in [9.17, 15) is 4.79 Å². The predicted molar refractivity (Wildman–Crippen MR) is 81.6 cm³/mol. The molecule has 1 aromatic rings. The number of unbranched alkanes of at least 4 members (excludes halogenated alkanes) is 1. The van der Waals surface area contributed by atoms with Crippen LogP contribution in [0.4, 0.5) is 0 Å². The number of carbonyl (C=O) groups excluding carboxylic acids is 1. The quantitative estimate of drug-likeness (QED) is 0.810. The molecule has 3 nitrogen and oxygen atoms in total. The summed E-state index contributed by atoms with van der Waals surface area (Å²) in [5, 5.41) is 11.7. The molecule has 0 spiro atoms. The summed E-state index contributed by atoms with van der Waals surface area (Å²) < 4.78 is 0. The van der Waals surface area contributed by atoms with E-state index in [0.717, 1.165) is 30.4 Å². The smallest absolute Gasteiger partial charge is 0.251 e. The van der Waals surface area contributed by atoms with Gasteiger partial charge in [0.15, 0.2) is 0 Å². The number of carbonyl (C=O) groups is 1. The molecule has 3 heteroatoms. The molecule has 0 radical (unpaired) electrons. The molecule has 0 fully saturated rings. The van der Waals surface area contributed by atoms with Crippen molar-refractivity contribution < 1.29 is 9.90 Å². The standard InChI is InChI=1S/C17H23NO2/c1-4-5-7-14(3)18-17(20)16-11-13(2)10-15(12-16)8-6-9-19/h10-12,14,19H,4-5,7,9H2,1-3H3,(H,18,20). The normalized spacial score (nSPS) is 11.4. The van der Waals surface area contributed by atoms with Gasteiger partial charge in [0.25, 0.3) is 5.91 Å². The molecule has 2 N–H and O–H groups in total. The first kappa shape index (κ1) is 16.3. The van der Waals surface area contributed by atoms with Crippen molar-refractivity contribution in [3.63, 3.8) is 0 Å². The minimum absolute atomic E-state index is 0.0654. The second-order valence-electron chi connectivity index (χ2n) is 5.06. The number of hydrogen-bond acceptors (Lipinski definition) is 2. The first-order valence-electron chi connectivity index (χ1n) is 7.09. The highest BCUT2D eigenvalue weighted by atomic mass is 16.2. The third-order valence-electron chi connectivity index (χ3n) is 3.02. The lowest BCUT2D eigenvalue weighted by Gasteiger charge is -2.13. The fraction of sp³-hybridized carbons (Fsp3) is 0.471. The Hall–Kier alpha value is -1.79. The van der Waals surface area contributed by atoms with E-state index in [4.69, 9.17) is 5.11 Å². The van der Waals surface area contributed by atoms with E-state index in [-0.39, 0.29) is 18.6 Å². The highest BCUT2D eigenvalue weighted by Gasteiger charge is 2.10. The average molecular weight is 273 g/mol. The monoisotopic (exact) mass is 273 g/mol. The van der Waals surface area contributed by atoms with Gasteiger partial charge in [0, 0.05) is 17.2 Å². The molecular formula is C17H23NO2. The Balaban J connectivity index is 2.79. The van der Waals surface area contributed by atoms with Crippen LogP contribution in [0.2, 0.25) is 0 Å². The van der Waals surface area contributed by atoms with Crippen LogP contribution in [0, 0.1) is 18.8 Å². The van der Waals surface area contributed by atoms with Crippen LogP contribution in [0.15, 0.2) is 18.2 Å². The Morgan fingerprint density at radius 3 is 2.80 bits per heavy atom. The summed E-state index contributed by atoms with van der Waals surface area (Å²) in [5.41, 5.74) is 2.36. The molecule has 1 unspecified atom stereocenters. The highest BCUT2D eigenvalue weighted by Crippen LogP contribution is 2.10. The van der Waals surface area contributed by atoms with Gasteiger partial charge in [-0.1, -0.05) is 31.6 Å². The SMILES string of the molecule is CCCCC(C)NC(=O)c1cc(C)cc(C#CCO)c1. The molecule has 0 saturated heterocycles. The summed E-state index contributed by atoms with van der Waals surface area (Å²) >= 11 is 0. The lowest BCUT2D eigenvalue weighted by Crippen LogP contribution is -2.32. The van der Waals surface area contributed by atoms with Gasteiger partial charge in [0.05, 0.1) is 0 Å². The van der Waals surface area contributed by atoms with Crippen molar-refractivity contribution in [1.82, 2.24) is 5.32 Å². The molecule has 20 heavy (non-hydrogen) atoms. The molecule has 0 aliphatic carbocycles. The van der Waals surface area contributed by atoms with Gasteiger partial charge in [-0.25, -0.2) is 0 Å². The summed E-state index contributed by atoms with van der Waals surface area (Å²) in [7, 11) is 0. The molecular weight excluding hydrogens is 250 g/mol. The molecule has 0 bridgehead atoms. The van der Waals surface area contributed by atoms with Crippen LogP contribution in [0.1, 0.15) is 54.6 Å². The Morgan fingerprint density at radius 2 is 2.15 bits per heavy atom. The van der Waals surface area contributed by atoms with Gasteiger partial charge in [-0.15, -0.1) is 0 Å². The molecule has 1 amide bonds. The van der Waals surface area contributed by atoms with E-state index in [1.54, 1.807) is 6.07 Å². The van der Waals surface area contributed by atoms with E-state index in [0.29, 0.717) is 5.56 Å². The highest BCUT2D eigenvalue weighted by molar-refractivity contribution is 5.95. The van der Waals surface area contributed by atoms with Crippen molar-refractivity contribution in [2.45, 2.75) is 46.1 Å². The number of amides is 1. The van der Waals surface area contributed by atoms with Crippen LogP contribution in [-0.2, 0) is 0 Å². The molecule has 0 aliphatic heterocycles. The zero-order chi connectivity index (χ0) is 15.0. The molecule has 0 aromatic heterocycles. The fourth-order valence-corrected chi connectivity index (χ4v) is 2.02. The van der Waals surface area contributed by atoms with Gasteiger partial charge in [-0.2, -0.15) is 0 Å². The van der Waals surface area contributed by atoms with Crippen LogP contribution < -0.4 is 5.32 Å². The van der Waals surface area contributed by atoms with E-state index in [1.807, 2.05) is 26.0 Å². The number of aryl methyl sites for hydroxylation is 1. The molecule has 1 aromatic carbocycles. The topological polar surface area (TPSA) is 49.3 Å². The first-order chi connectivity index (χ1) is 9.56. The van der Waals surface area contributed by atoms with Crippen molar-refractivity contribution in [2.75, 3.05) is 6.61 Å². The molecule has 1 rings (SSSR count). The zero-order valence-corrected chi connectivity index (χ0v) is 12.5. The molecule has 0 heterocycles. The number of aliphatic hydroxyl groups is 1. The number of aliphatic hydroxyl groups excluding tert-OH is 1. The Bertz CT molecular complexity index is 511. The molecule has 1 atom stereocenters. The molecule has 108 valence electrons. The van der Waals surface area contributed by atoms with Crippen molar-refractivity contribution in [3.8, 4) is 11.8 Å². The van der Waals surface area contributed by atoms with E-state index < -0.39 is 0 Å². The zero-order valence-electron chi connectivity index (χ0n) is 12.5. The Kier molecular flexibility index (Phi) is 6.83. The van der Waals surface area contributed by atoms with Gasteiger partial charge in [-0.05, 0) is 44.0 Å². The van der Waals surface area contributed by atoms with Crippen molar-refractivity contribution in [2.24, 2.45) is 0 Å².